The van der Waals surface area contributed by atoms with Crippen LogP contribution in [0, 0.1) is 0 Å². The van der Waals surface area contributed by atoms with Gasteiger partial charge in [-0.25, -0.2) is 4.68 Å². The summed E-state index contributed by atoms with van der Waals surface area (Å²) in [6.45, 7) is 10.3. The predicted molar refractivity (Wildman–Crippen MR) is 52.4 cm³/mol. The zero-order valence-corrected chi connectivity index (χ0v) is 7.86. The summed E-state index contributed by atoms with van der Waals surface area (Å²) in [6, 6.07) is 1.73. The van der Waals surface area contributed by atoms with Crippen LogP contribution in [0.25, 0.3) is 5.70 Å². The molecule has 0 radical (unpaired) electrons. The van der Waals surface area contributed by atoms with Gasteiger partial charge in [0.05, 0.1) is 11.4 Å². The van der Waals surface area contributed by atoms with Crippen LogP contribution in [0.1, 0.15) is 19.5 Å². The van der Waals surface area contributed by atoms with E-state index in [4.69, 9.17) is 0 Å². The molecule has 0 fully saturated rings. The fraction of sp³-hybridized carbons (Fsp3) is 0.333. The summed E-state index contributed by atoms with van der Waals surface area (Å²) in [7, 11) is 0. The monoisotopic (exact) mass is 179 g/mol. The van der Waals surface area contributed by atoms with Gasteiger partial charge in [0.2, 0.25) is 0 Å². The summed E-state index contributed by atoms with van der Waals surface area (Å²) in [5.41, 5.74) is 0.119. The molecule has 0 spiro atoms. The lowest BCUT2D eigenvalue weighted by Crippen LogP contribution is -2.28. The Morgan fingerprint density at radius 2 is 2.31 bits per heavy atom. The standard InChI is InChI=1S/C9H13N3O/c1-7(10-4)8-5-6-11-12(8)9(2,3)13/h5-6,13H,1,4H2,2-3H3. The number of aliphatic hydroxyl groups is 1. The maximum absolute atomic E-state index is 9.70. The number of aromatic nitrogens is 2. The summed E-state index contributed by atoms with van der Waals surface area (Å²) in [6.07, 6.45) is 1.59. The van der Waals surface area contributed by atoms with Crippen molar-refractivity contribution in [1.82, 2.24) is 9.78 Å². The average Bonchev–Trinajstić information content (AvgIpc) is 2.49. The van der Waals surface area contributed by atoms with Gasteiger partial charge in [-0.15, -0.1) is 0 Å². The van der Waals surface area contributed by atoms with Crippen molar-refractivity contribution in [2.24, 2.45) is 4.99 Å². The van der Waals surface area contributed by atoms with Crippen LogP contribution in [0.15, 0.2) is 23.8 Å². The summed E-state index contributed by atoms with van der Waals surface area (Å²) in [5, 5.41) is 13.7. The van der Waals surface area contributed by atoms with Crippen molar-refractivity contribution < 1.29 is 5.11 Å². The Morgan fingerprint density at radius 1 is 1.69 bits per heavy atom. The van der Waals surface area contributed by atoms with Gasteiger partial charge in [0.1, 0.15) is 0 Å². The van der Waals surface area contributed by atoms with E-state index in [1.807, 2.05) is 0 Å². The molecular formula is C9H13N3O. The minimum atomic E-state index is -1.05. The largest absolute Gasteiger partial charge is 0.370 e. The molecule has 0 saturated carbocycles. The lowest BCUT2D eigenvalue weighted by Gasteiger charge is -2.20. The molecule has 0 aliphatic heterocycles. The normalized spacial score (nSPS) is 11.3. The molecule has 0 bridgehead atoms. The third kappa shape index (κ3) is 1.84. The van der Waals surface area contributed by atoms with E-state index in [0.29, 0.717) is 11.4 Å². The Balaban J connectivity index is 3.17. The van der Waals surface area contributed by atoms with E-state index in [2.05, 4.69) is 23.4 Å². The van der Waals surface area contributed by atoms with Crippen molar-refractivity contribution in [1.29, 1.82) is 0 Å². The van der Waals surface area contributed by atoms with Crippen LogP contribution < -0.4 is 0 Å². The number of hydrogen-bond donors (Lipinski definition) is 1. The maximum Gasteiger partial charge on any atom is 0.152 e. The molecule has 1 rings (SSSR count). The third-order valence-electron chi connectivity index (χ3n) is 1.65. The van der Waals surface area contributed by atoms with Gasteiger partial charge < -0.3 is 5.11 Å². The van der Waals surface area contributed by atoms with Gasteiger partial charge >= 0.3 is 0 Å². The molecule has 0 saturated heterocycles. The zero-order valence-electron chi connectivity index (χ0n) is 7.86. The molecule has 1 heterocycles. The fourth-order valence-electron chi connectivity index (χ4n) is 1.04. The van der Waals surface area contributed by atoms with Gasteiger partial charge in [-0.1, -0.05) is 6.58 Å². The first-order valence-electron chi connectivity index (χ1n) is 3.89. The van der Waals surface area contributed by atoms with Crippen LogP contribution in [-0.2, 0) is 5.72 Å². The second kappa shape index (κ2) is 3.14. The first-order chi connectivity index (χ1) is 5.96. The molecule has 0 aromatic carbocycles. The van der Waals surface area contributed by atoms with Crippen molar-refractivity contribution in [3.63, 3.8) is 0 Å². The van der Waals surface area contributed by atoms with E-state index in [0.717, 1.165) is 0 Å². The molecule has 0 amide bonds. The molecule has 0 aliphatic carbocycles. The molecule has 1 aromatic heterocycles. The van der Waals surface area contributed by atoms with Crippen molar-refractivity contribution in [2.45, 2.75) is 19.6 Å². The third-order valence-corrected chi connectivity index (χ3v) is 1.65. The first kappa shape index (κ1) is 9.67. The number of hydrogen-bond acceptors (Lipinski definition) is 3. The molecule has 1 aromatic rings. The lowest BCUT2D eigenvalue weighted by atomic mass is 10.2. The fourth-order valence-corrected chi connectivity index (χ4v) is 1.04. The molecule has 70 valence electrons. The van der Waals surface area contributed by atoms with Gasteiger partial charge in [0.15, 0.2) is 5.72 Å². The Morgan fingerprint density at radius 3 is 2.77 bits per heavy atom. The van der Waals surface area contributed by atoms with Crippen LogP contribution in [0.2, 0.25) is 0 Å². The number of nitrogens with zero attached hydrogens (tertiary/aromatic N) is 3. The highest BCUT2D eigenvalue weighted by Crippen LogP contribution is 2.18. The van der Waals surface area contributed by atoms with Gasteiger partial charge in [-0.05, 0) is 26.6 Å². The topological polar surface area (TPSA) is 50.4 Å². The molecule has 0 aliphatic rings. The van der Waals surface area contributed by atoms with Gasteiger partial charge in [-0.2, -0.15) is 5.10 Å². The van der Waals surface area contributed by atoms with Crippen LogP contribution in [0.4, 0.5) is 0 Å². The smallest absolute Gasteiger partial charge is 0.152 e. The van der Waals surface area contributed by atoms with Crippen molar-refractivity contribution >= 4 is 12.4 Å². The van der Waals surface area contributed by atoms with Crippen molar-refractivity contribution in [3.05, 3.63) is 24.5 Å². The second-order valence-electron chi connectivity index (χ2n) is 3.23. The van der Waals surface area contributed by atoms with Crippen LogP contribution in [-0.4, -0.2) is 21.6 Å². The highest BCUT2D eigenvalue weighted by Gasteiger charge is 2.19. The Kier molecular flexibility index (Phi) is 2.34. The highest BCUT2D eigenvalue weighted by atomic mass is 16.3. The lowest BCUT2D eigenvalue weighted by molar-refractivity contribution is -0.0111. The molecule has 13 heavy (non-hydrogen) atoms. The minimum Gasteiger partial charge on any atom is -0.370 e. The van der Waals surface area contributed by atoms with E-state index < -0.39 is 5.72 Å². The van der Waals surface area contributed by atoms with Gasteiger partial charge in [-0.3, -0.25) is 4.99 Å². The Labute approximate surface area is 77.2 Å². The summed E-state index contributed by atoms with van der Waals surface area (Å²) < 4.78 is 1.45. The van der Waals surface area contributed by atoms with Gasteiger partial charge in [0, 0.05) is 6.20 Å². The number of aliphatic imine (C=N–C) groups is 1. The summed E-state index contributed by atoms with van der Waals surface area (Å²) in [4.78, 5) is 3.69. The Hall–Kier alpha value is -1.42. The summed E-state index contributed by atoms with van der Waals surface area (Å²) >= 11 is 0. The van der Waals surface area contributed by atoms with Crippen molar-refractivity contribution in [2.75, 3.05) is 0 Å². The van der Waals surface area contributed by atoms with Crippen LogP contribution >= 0.6 is 0 Å². The van der Waals surface area contributed by atoms with Crippen LogP contribution in [0.3, 0.4) is 0 Å². The molecule has 4 nitrogen and oxygen atoms in total. The molecular weight excluding hydrogens is 166 g/mol. The van der Waals surface area contributed by atoms with E-state index in [1.54, 1.807) is 26.1 Å². The van der Waals surface area contributed by atoms with Gasteiger partial charge in [0.25, 0.3) is 0 Å². The van der Waals surface area contributed by atoms with E-state index >= 15 is 0 Å². The van der Waals surface area contributed by atoms with Crippen LogP contribution in [0.5, 0.6) is 0 Å². The van der Waals surface area contributed by atoms with E-state index in [-0.39, 0.29) is 0 Å². The Bertz CT molecular complexity index is 333. The summed E-state index contributed by atoms with van der Waals surface area (Å²) in [5.74, 6) is 0. The minimum absolute atomic E-state index is 0.500. The molecule has 1 N–H and O–H groups in total. The first-order valence-corrected chi connectivity index (χ1v) is 3.89. The SMILES string of the molecule is C=NC(=C)c1ccnn1C(C)(C)O. The molecule has 4 heteroatoms. The average molecular weight is 179 g/mol. The number of rotatable bonds is 3. The maximum atomic E-state index is 9.70. The highest BCUT2D eigenvalue weighted by molar-refractivity contribution is 5.63. The molecule has 0 atom stereocenters. The second-order valence-corrected chi connectivity index (χ2v) is 3.23. The van der Waals surface area contributed by atoms with E-state index in [9.17, 15) is 5.11 Å². The quantitative estimate of drug-likeness (QED) is 0.710. The zero-order chi connectivity index (χ0) is 10.1. The predicted octanol–water partition coefficient (Wildman–Crippen LogP) is 1.24. The van der Waals surface area contributed by atoms with E-state index in [1.165, 1.54) is 4.68 Å². The van der Waals surface area contributed by atoms with Crippen molar-refractivity contribution in [3.8, 4) is 0 Å². The molecule has 0 unspecified atom stereocenters.